The number of carbonyl (C=O) groups is 2. The predicted molar refractivity (Wildman–Crippen MR) is 97.5 cm³/mol. The average molecular weight is 366 g/mol. The molecule has 0 aromatic carbocycles. The van der Waals surface area contributed by atoms with Crippen LogP contribution in [-0.4, -0.2) is 33.9 Å². The van der Waals surface area contributed by atoms with Gasteiger partial charge in [-0.1, -0.05) is 0 Å². The Kier molecular flexibility index (Phi) is 14.0. The van der Waals surface area contributed by atoms with Crippen molar-refractivity contribution in [3.63, 3.8) is 0 Å². The number of nitrogens with zero attached hydrogens (tertiary/aromatic N) is 2. The molecule has 2 heterocycles. The largest absolute Gasteiger partial charge is 0.462 e. The van der Waals surface area contributed by atoms with Crippen LogP contribution in [0.2, 0.25) is 0 Å². The molecule has 0 saturated heterocycles. The molecule has 2 rings (SSSR count). The molecule has 0 aliphatic carbocycles. The number of amides is 1. The van der Waals surface area contributed by atoms with Gasteiger partial charge in [-0.15, -0.1) is 0 Å². The van der Waals surface area contributed by atoms with E-state index in [4.69, 9.17) is 10.6 Å². The first-order valence-corrected chi connectivity index (χ1v) is 7.35. The smallest absolute Gasteiger partial charge is 0.339 e. The quantitative estimate of drug-likeness (QED) is 0.243. The Morgan fingerprint density at radius 2 is 1.50 bits per heavy atom. The number of aryl methyl sites for hydroxylation is 2. The summed E-state index contributed by atoms with van der Waals surface area (Å²) in [6.45, 7) is 5.72. The van der Waals surface area contributed by atoms with Crippen molar-refractivity contribution in [3.05, 3.63) is 59.2 Å². The summed E-state index contributed by atoms with van der Waals surface area (Å²) in [5, 5.41) is 0. The molecule has 0 atom stereocenters. The van der Waals surface area contributed by atoms with E-state index in [1.165, 1.54) is 0 Å². The van der Waals surface area contributed by atoms with Gasteiger partial charge in [-0.05, 0) is 45.0 Å². The van der Waals surface area contributed by atoms with Crippen molar-refractivity contribution >= 4 is 11.9 Å². The summed E-state index contributed by atoms with van der Waals surface area (Å²) in [6.07, 6.45) is 3.28. The molecule has 0 radical (unpaired) electrons. The fourth-order valence-corrected chi connectivity index (χ4v) is 1.71. The molecule has 0 aliphatic rings. The van der Waals surface area contributed by atoms with Gasteiger partial charge in [-0.2, -0.15) is 0 Å². The van der Waals surface area contributed by atoms with Gasteiger partial charge < -0.3 is 10.2 Å². The maximum Gasteiger partial charge on any atom is 0.339 e. The summed E-state index contributed by atoms with van der Waals surface area (Å²) >= 11 is 0. The first-order chi connectivity index (χ1) is 12.0. The lowest BCUT2D eigenvalue weighted by Crippen LogP contribution is -2.30. The number of esters is 1. The summed E-state index contributed by atoms with van der Waals surface area (Å²) in [6, 6.07) is 6.79. The maximum atomic E-state index is 11.2. The lowest BCUT2D eigenvalue weighted by Gasteiger charge is -2.02. The van der Waals surface area contributed by atoms with Gasteiger partial charge in [0.25, 0.3) is 5.91 Å². The van der Waals surface area contributed by atoms with Gasteiger partial charge in [0.1, 0.15) is 0 Å². The lowest BCUT2D eigenvalue weighted by atomic mass is 10.2. The van der Waals surface area contributed by atoms with Gasteiger partial charge in [0, 0.05) is 12.4 Å². The summed E-state index contributed by atoms with van der Waals surface area (Å²) in [5.41, 5.74) is 4.47. The highest BCUT2D eigenvalue weighted by molar-refractivity contribution is 5.94. The van der Waals surface area contributed by atoms with Gasteiger partial charge in [0.2, 0.25) is 0 Å². The van der Waals surface area contributed by atoms with Crippen LogP contribution in [0.15, 0.2) is 36.7 Å². The normalized spacial score (nSPS) is 8.54. The molecule has 9 N–H and O–H groups in total. The van der Waals surface area contributed by atoms with Gasteiger partial charge in [0.05, 0.1) is 29.1 Å². The zero-order chi connectivity index (χ0) is 19.2. The van der Waals surface area contributed by atoms with E-state index in [0.29, 0.717) is 29.1 Å². The van der Waals surface area contributed by atoms with Crippen LogP contribution in [0.5, 0.6) is 0 Å². The van der Waals surface area contributed by atoms with Crippen molar-refractivity contribution in [2.45, 2.75) is 20.8 Å². The van der Waals surface area contributed by atoms with E-state index in [2.05, 4.69) is 21.7 Å². The number of nitrogens with one attached hydrogen (secondary N) is 1. The molecule has 0 unspecified atom stereocenters. The van der Waals surface area contributed by atoms with Crippen molar-refractivity contribution in [1.29, 1.82) is 0 Å². The van der Waals surface area contributed by atoms with Gasteiger partial charge in [-0.25, -0.2) is 10.6 Å². The van der Waals surface area contributed by atoms with Crippen LogP contribution >= 0.6 is 0 Å². The monoisotopic (exact) mass is 366 g/mol. The molecule has 0 saturated carbocycles. The number of nitrogens with two attached hydrogens (primary N) is 3. The van der Waals surface area contributed by atoms with Crippen LogP contribution in [0.4, 0.5) is 0 Å². The van der Waals surface area contributed by atoms with Crippen molar-refractivity contribution < 1.29 is 19.8 Å². The van der Waals surface area contributed by atoms with Gasteiger partial charge in [0.15, 0.2) is 0 Å². The molecule has 0 fully saturated rings. The first-order valence-electron chi connectivity index (χ1n) is 7.35. The lowest BCUT2D eigenvalue weighted by molar-refractivity contribution is 0.0524. The zero-order valence-corrected chi connectivity index (χ0v) is 15.0. The van der Waals surface area contributed by atoms with E-state index in [1.54, 1.807) is 57.4 Å². The third kappa shape index (κ3) is 8.26. The highest BCUT2D eigenvalue weighted by Gasteiger charge is 2.08. The Bertz CT molecular complexity index is 681. The average Bonchev–Trinajstić information content (AvgIpc) is 2.64. The number of hydrogen-bond acceptors (Lipinski definition) is 8. The molecule has 144 valence electrons. The minimum atomic E-state index is -0.310. The molecule has 1 amide bonds. The summed E-state index contributed by atoms with van der Waals surface area (Å²) < 4.78 is 4.83. The van der Waals surface area contributed by atoms with E-state index < -0.39 is 0 Å². The molecule has 2 aromatic rings. The van der Waals surface area contributed by atoms with Crippen molar-refractivity contribution in [3.8, 4) is 0 Å². The Hall–Kier alpha value is -2.92. The minimum Gasteiger partial charge on any atom is -0.462 e. The molecule has 0 bridgehead atoms. The molecule has 0 spiro atoms. The van der Waals surface area contributed by atoms with Crippen LogP contribution in [-0.2, 0) is 4.74 Å². The standard InChI is InChI=1S/C9H11NO2.C7H9N3O.H4N2.H2O/c1-3-12-9(11)8-5-4-6-10-7(8)2;1-5-6(7(11)10-8)3-2-4-9-5;1-2;/h4-6H,3H2,1-2H3;2-4H,8H2,1H3,(H,10,11);1-2H2;1H2. The van der Waals surface area contributed by atoms with Crippen LogP contribution in [0.25, 0.3) is 0 Å². The first kappa shape index (κ1) is 25.3. The number of hydrogen-bond donors (Lipinski definition) is 4. The number of pyridine rings is 2. The van der Waals surface area contributed by atoms with Crippen LogP contribution in [0, 0.1) is 13.8 Å². The van der Waals surface area contributed by atoms with E-state index in [1.807, 2.05) is 5.43 Å². The Morgan fingerprint density at radius 3 is 1.88 bits per heavy atom. The van der Waals surface area contributed by atoms with Crippen LogP contribution in [0.1, 0.15) is 39.0 Å². The Balaban J connectivity index is 0. The second kappa shape index (κ2) is 14.4. The second-order valence-electron chi connectivity index (χ2n) is 4.47. The summed E-state index contributed by atoms with van der Waals surface area (Å²) in [7, 11) is 0. The zero-order valence-electron chi connectivity index (χ0n) is 15.0. The Morgan fingerprint density at radius 1 is 1.04 bits per heavy atom. The SMILES string of the molecule is CCOC(=O)c1cccnc1C.Cc1ncccc1C(=O)NN.NN.O. The van der Waals surface area contributed by atoms with Gasteiger partial charge >= 0.3 is 5.97 Å². The molecule has 2 aromatic heterocycles. The molecular formula is C16H26N6O4. The van der Waals surface area contributed by atoms with Crippen molar-refractivity contribution in [2.75, 3.05) is 6.61 Å². The van der Waals surface area contributed by atoms with E-state index in [9.17, 15) is 9.59 Å². The second-order valence-corrected chi connectivity index (χ2v) is 4.47. The summed E-state index contributed by atoms with van der Waals surface area (Å²) in [4.78, 5) is 30.1. The topological polar surface area (TPSA) is 191 Å². The maximum absolute atomic E-state index is 11.2. The van der Waals surface area contributed by atoms with Crippen LogP contribution in [0.3, 0.4) is 0 Å². The van der Waals surface area contributed by atoms with Gasteiger partial charge in [-0.3, -0.25) is 31.9 Å². The number of nitrogen functional groups attached to an aromatic ring is 1. The predicted octanol–water partition coefficient (Wildman–Crippen LogP) is -0.446. The number of carbonyl (C=O) groups excluding carboxylic acids is 2. The molecule has 10 heteroatoms. The minimum absolute atomic E-state index is 0. The number of ether oxygens (including phenoxy) is 1. The fraction of sp³-hybridized carbons (Fsp3) is 0.250. The third-order valence-electron chi connectivity index (χ3n) is 2.88. The molecule has 0 aliphatic heterocycles. The third-order valence-corrected chi connectivity index (χ3v) is 2.88. The highest BCUT2D eigenvalue weighted by Crippen LogP contribution is 2.05. The number of hydrazine groups is 2. The summed E-state index contributed by atoms with van der Waals surface area (Å²) in [5.74, 6) is 12.3. The van der Waals surface area contributed by atoms with Crippen molar-refractivity contribution in [2.24, 2.45) is 17.5 Å². The highest BCUT2D eigenvalue weighted by atomic mass is 16.5. The molecule has 10 nitrogen and oxygen atoms in total. The van der Waals surface area contributed by atoms with E-state index >= 15 is 0 Å². The van der Waals surface area contributed by atoms with E-state index in [0.717, 1.165) is 0 Å². The number of rotatable bonds is 3. The fourth-order valence-electron chi connectivity index (χ4n) is 1.71. The van der Waals surface area contributed by atoms with Crippen LogP contribution < -0.4 is 23.0 Å². The molecular weight excluding hydrogens is 340 g/mol. The Labute approximate surface area is 152 Å². The molecule has 26 heavy (non-hydrogen) atoms. The van der Waals surface area contributed by atoms with E-state index in [-0.39, 0.29) is 17.4 Å². The van der Waals surface area contributed by atoms with Crippen molar-refractivity contribution in [1.82, 2.24) is 15.4 Å². The number of aromatic nitrogens is 2.